The van der Waals surface area contributed by atoms with E-state index in [1.165, 1.54) is 0 Å². The van der Waals surface area contributed by atoms with Gasteiger partial charge in [-0.05, 0) is 57.3 Å². The molecule has 0 saturated carbocycles. The first-order valence-electron chi connectivity index (χ1n) is 4.56. The van der Waals surface area contributed by atoms with Crippen LogP contribution in [0.2, 0.25) is 0 Å². The maximum Gasteiger partial charge on any atom is 0.136 e. The lowest BCUT2D eigenvalue weighted by atomic mass is 9.85. The van der Waals surface area contributed by atoms with Crippen LogP contribution in [0.25, 0.3) is 0 Å². The Morgan fingerprint density at radius 1 is 1.33 bits per heavy atom. The molecular weight excluding hydrogens is 418 g/mol. The van der Waals surface area contributed by atoms with Gasteiger partial charge in [0.05, 0.1) is 17.3 Å². The maximum atomic E-state index is 9.39. The van der Waals surface area contributed by atoms with E-state index in [0.29, 0.717) is 0 Å². The standard InChI is InChI=1S/C11H14I2O2/c1-11(2,6-14)8-4-7(12)5-9(13)10(8)15-3/h4-5,14H,6H2,1-3H3. The van der Waals surface area contributed by atoms with Gasteiger partial charge in [-0.25, -0.2) is 0 Å². The number of methoxy groups -OCH3 is 1. The second-order valence-electron chi connectivity index (χ2n) is 4.01. The van der Waals surface area contributed by atoms with Crippen molar-refractivity contribution in [2.24, 2.45) is 0 Å². The van der Waals surface area contributed by atoms with E-state index in [0.717, 1.165) is 18.5 Å². The average Bonchev–Trinajstić information content (AvgIpc) is 2.16. The molecule has 0 aromatic heterocycles. The Kier molecular flexibility index (Phi) is 4.66. The number of benzene rings is 1. The molecule has 1 rings (SSSR count). The molecule has 84 valence electrons. The monoisotopic (exact) mass is 432 g/mol. The highest BCUT2D eigenvalue weighted by molar-refractivity contribution is 14.1. The fraction of sp³-hybridized carbons (Fsp3) is 0.455. The van der Waals surface area contributed by atoms with Crippen molar-refractivity contribution in [2.45, 2.75) is 19.3 Å². The Morgan fingerprint density at radius 3 is 2.40 bits per heavy atom. The van der Waals surface area contributed by atoms with Crippen LogP contribution in [0.4, 0.5) is 0 Å². The van der Waals surface area contributed by atoms with Crippen molar-refractivity contribution in [2.75, 3.05) is 13.7 Å². The van der Waals surface area contributed by atoms with Gasteiger partial charge in [-0.2, -0.15) is 0 Å². The topological polar surface area (TPSA) is 29.5 Å². The minimum Gasteiger partial charge on any atom is -0.495 e. The molecule has 0 aliphatic carbocycles. The molecule has 0 bridgehead atoms. The molecule has 0 amide bonds. The van der Waals surface area contributed by atoms with Gasteiger partial charge in [0.15, 0.2) is 0 Å². The summed E-state index contributed by atoms with van der Waals surface area (Å²) in [5.74, 6) is 0.870. The highest BCUT2D eigenvalue weighted by Gasteiger charge is 2.25. The number of rotatable bonds is 3. The van der Waals surface area contributed by atoms with Crippen LogP contribution >= 0.6 is 45.2 Å². The smallest absolute Gasteiger partial charge is 0.136 e. The summed E-state index contributed by atoms with van der Waals surface area (Å²) < 4.78 is 7.64. The molecule has 15 heavy (non-hydrogen) atoms. The van der Waals surface area contributed by atoms with Gasteiger partial charge >= 0.3 is 0 Å². The van der Waals surface area contributed by atoms with Gasteiger partial charge in [0.25, 0.3) is 0 Å². The summed E-state index contributed by atoms with van der Waals surface area (Å²) in [7, 11) is 1.67. The number of aliphatic hydroxyl groups is 1. The summed E-state index contributed by atoms with van der Waals surface area (Å²) in [4.78, 5) is 0. The van der Waals surface area contributed by atoms with Gasteiger partial charge in [0.1, 0.15) is 5.75 Å². The van der Waals surface area contributed by atoms with Crippen molar-refractivity contribution >= 4 is 45.2 Å². The molecule has 0 aliphatic heterocycles. The van der Waals surface area contributed by atoms with Gasteiger partial charge in [-0.1, -0.05) is 13.8 Å². The first-order chi connectivity index (χ1) is 6.92. The lowest BCUT2D eigenvalue weighted by Crippen LogP contribution is -2.23. The van der Waals surface area contributed by atoms with Crippen LogP contribution in [0, 0.1) is 7.14 Å². The van der Waals surface area contributed by atoms with E-state index in [1.54, 1.807) is 7.11 Å². The van der Waals surface area contributed by atoms with Gasteiger partial charge < -0.3 is 9.84 Å². The van der Waals surface area contributed by atoms with E-state index in [-0.39, 0.29) is 12.0 Å². The minimum absolute atomic E-state index is 0.111. The highest BCUT2D eigenvalue weighted by Crippen LogP contribution is 2.36. The van der Waals surface area contributed by atoms with Crippen molar-refractivity contribution < 1.29 is 9.84 Å². The average molecular weight is 432 g/mol. The Morgan fingerprint density at radius 2 is 1.93 bits per heavy atom. The molecule has 1 aromatic carbocycles. The molecule has 0 saturated heterocycles. The van der Waals surface area contributed by atoms with Gasteiger partial charge in [0.2, 0.25) is 0 Å². The molecule has 0 radical (unpaired) electrons. The first-order valence-corrected chi connectivity index (χ1v) is 6.72. The quantitative estimate of drug-likeness (QED) is 0.745. The first kappa shape index (κ1) is 13.5. The van der Waals surface area contributed by atoms with Crippen LogP contribution < -0.4 is 4.74 Å². The van der Waals surface area contributed by atoms with Crippen molar-refractivity contribution in [3.05, 3.63) is 24.8 Å². The van der Waals surface area contributed by atoms with E-state index < -0.39 is 0 Å². The van der Waals surface area contributed by atoms with Crippen LogP contribution in [0.3, 0.4) is 0 Å². The molecular formula is C11H14I2O2. The van der Waals surface area contributed by atoms with Crippen molar-refractivity contribution in [1.82, 2.24) is 0 Å². The fourth-order valence-electron chi connectivity index (χ4n) is 1.36. The number of aliphatic hydroxyl groups excluding tert-OH is 1. The van der Waals surface area contributed by atoms with E-state index >= 15 is 0 Å². The van der Waals surface area contributed by atoms with Crippen LogP contribution in [0.1, 0.15) is 19.4 Å². The molecule has 1 N–H and O–H groups in total. The molecule has 0 heterocycles. The number of ether oxygens (including phenoxy) is 1. The van der Waals surface area contributed by atoms with Crippen LogP contribution in [0.15, 0.2) is 12.1 Å². The molecule has 0 unspecified atom stereocenters. The normalized spacial score (nSPS) is 11.6. The molecule has 0 atom stereocenters. The van der Waals surface area contributed by atoms with E-state index in [1.807, 2.05) is 13.8 Å². The zero-order chi connectivity index (χ0) is 11.6. The fourth-order valence-corrected chi connectivity index (χ4v) is 3.42. The van der Waals surface area contributed by atoms with Crippen LogP contribution in [-0.2, 0) is 5.41 Å². The second kappa shape index (κ2) is 5.18. The lowest BCUT2D eigenvalue weighted by molar-refractivity contribution is 0.214. The molecule has 4 heteroatoms. The third-order valence-corrected chi connectivity index (χ3v) is 3.76. The Bertz CT molecular complexity index is 362. The van der Waals surface area contributed by atoms with Crippen LogP contribution in [0.5, 0.6) is 5.75 Å². The third kappa shape index (κ3) is 2.97. The minimum atomic E-state index is -0.271. The summed E-state index contributed by atoms with van der Waals surface area (Å²) >= 11 is 4.53. The van der Waals surface area contributed by atoms with Gasteiger partial charge in [-0.15, -0.1) is 0 Å². The summed E-state index contributed by atoms with van der Waals surface area (Å²) in [6.45, 7) is 4.13. The summed E-state index contributed by atoms with van der Waals surface area (Å²) in [6, 6.07) is 4.13. The molecule has 0 fully saturated rings. The second-order valence-corrected chi connectivity index (χ2v) is 6.42. The third-order valence-electron chi connectivity index (χ3n) is 2.34. The van der Waals surface area contributed by atoms with E-state index in [9.17, 15) is 5.11 Å². The van der Waals surface area contributed by atoms with Gasteiger partial charge in [-0.3, -0.25) is 0 Å². The summed E-state index contributed by atoms with van der Waals surface area (Å²) in [5.41, 5.74) is 0.788. The molecule has 1 aromatic rings. The predicted octanol–water partition coefficient (Wildman–Crippen LogP) is 3.17. The Balaban J connectivity index is 3.39. The van der Waals surface area contributed by atoms with Crippen LogP contribution in [-0.4, -0.2) is 18.8 Å². The zero-order valence-electron chi connectivity index (χ0n) is 8.97. The molecule has 0 spiro atoms. The summed E-state index contributed by atoms with van der Waals surface area (Å²) in [5, 5.41) is 9.39. The molecule has 0 aliphatic rings. The number of hydrogen-bond donors (Lipinski definition) is 1. The van der Waals surface area contributed by atoms with Crippen molar-refractivity contribution in [3.63, 3.8) is 0 Å². The van der Waals surface area contributed by atoms with Crippen molar-refractivity contribution in [3.8, 4) is 5.75 Å². The Hall–Kier alpha value is 0.440. The predicted molar refractivity (Wildman–Crippen MR) is 78.5 cm³/mol. The van der Waals surface area contributed by atoms with E-state index in [2.05, 4.69) is 57.3 Å². The van der Waals surface area contributed by atoms with Crippen molar-refractivity contribution in [1.29, 1.82) is 0 Å². The Labute approximate surface area is 118 Å². The molecule has 2 nitrogen and oxygen atoms in total. The number of hydrogen-bond acceptors (Lipinski definition) is 2. The lowest BCUT2D eigenvalue weighted by Gasteiger charge is -2.25. The number of halogens is 2. The highest BCUT2D eigenvalue weighted by atomic mass is 127. The summed E-state index contributed by atoms with van der Waals surface area (Å²) in [6.07, 6.45) is 0. The zero-order valence-corrected chi connectivity index (χ0v) is 13.3. The maximum absolute atomic E-state index is 9.39. The van der Waals surface area contributed by atoms with E-state index in [4.69, 9.17) is 4.74 Å². The largest absolute Gasteiger partial charge is 0.495 e. The SMILES string of the molecule is COc1c(I)cc(I)cc1C(C)(C)CO. The van der Waals surface area contributed by atoms with Gasteiger partial charge in [0, 0.05) is 14.5 Å².